The van der Waals surface area contributed by atoms with Crippen molar-refractivity contribution in [2.24, 2.45) is 0 Å². The number of anilines is 1. The molecule has 28 heavy (non-hydrogen) atoms. The molecular weight excluding hydrogens is 378 g/mol. The van der Waals surface area contributed by atoms with E-state index >= 15 is 0 Å². The van der Waals surface area contributed by atoms with Gasteiger partial charge >= 0.3 is 0 Å². The fraction of sp³-hybridized carbons (Fsp3) is 0.381. The maximum absolute atomic E-state index is 12.9. The third kappa shape index (κ3) is 4.72. The molecular formula is C21H25NO5S. The number of nitrogens with one attached hydrogen (secondary N) is 1. The number of rotatable bonds is 8. The van der Waals surface area contributed by atoms with Crippen molar-refractivity contribution >= 4 is 23.4 Å². The molecule has 0 spiro atoms. The number of ether oxygens (including phenoxy) is 4. The molecule has 1 heterocycles. The Balaban J connectivity index is 1.77. The molecule has 1 fully saturated rings. The van der Waals surface area contributed by atoms with Crippen molar-refractivity contribution < 1.29 is 23.7 Å². The van der Waals surface area contributed by atoms with Gasteiger partial charge in [-0.2, -0.15) is 0 Å². The van der Waals surface area contributed by atoms with Gasteiger partial charge in [0.2, 0.25) is 5.75 Å². The molecule has 1 amide bonds. The van der Waals surface area contributed by atoms with E-state index < -0.39 is 0 Å². The number of benzene rings is 2. The minimum Gasteiger partial charge on any atom is -0.493 e. The zero-order valence-corrected chi connectivity index (χ0v) is 17.1. The Morgan fingerprint density at radius 2 is 1.86 bits per heavy atom. The van der Waals surface area contributed by atoms with Gasteiger partial charge in [0.05, 0.1) is 33.0 Å². The first-order valence-corrected chi connectivity index (χ1v) is 10.1. The summed E-state index contributed by atoms with van der Waals surface area (Å²) >= 11 is 1.65. The summed E-state index contributed by atoms with van der Waals surface area (Å²) in [4.78, 5) is 13.8. The molecule has 2 aromatic rings. The van der Waals surface area contributed by atoms with Crippen LogP contribution < -0.4 is 19.5 Å². The van der Waals surface area contributed by atoms with Gasteiger partial charge in [-0.25, -0.2) is 0 Å². The summed E-state index contributed by atoms with van der Waals surface area (Å²) in [7, 11) is 4.63. The molecule has 6 nitrogen and oxygen atoms in total. The van der Waals surface area contributed by atoms with Crippen molar-refractivity contribution in [3.8, 4) is 17.2 Å². The molecule has 0 saturated carbocycles. The predicted molar refractivity (Wildman–Crippen MR) is 110 cm³/mol. The Morgan fingerprint density at radius 3 is 2.46 bits per heavy atom. The monoisotopic (exact) mass is 403 g/mol. The normalized spacial score (nSPS) is 15.9. The van der Waals surface area contributed by atoms with E-state index in [9.17, 15) is 4.79 Å². The van der Waals surface area contributed by atoms with Gasteiger partial charge in [-0.3, -0.25) is 4.79 Å². The molecule has 7 heteroatoms. The van der Waals surface area contributed by atoms with Crippen LogP contribution in [0.4, 0.5) is 5.69 Å². The van der Waals surface area contributed by atoms with E-state index in [1.54, 1.807) is 45.2 Å². The maximum atomic E-state index is 12.9. The minimum absolute atomic E-state index is 0.190. The van der Waals surface area contributed by atoms with E-state index in [-0.39, 0.29) is 12.0 Å². The summed E-state index contributed by atoms with van der Waals surface area (Å²) < 4.78 is 21.7. The van der Waals surface area contributed by atoms with Crippen LogP contribution in [0.2, 0.25) is 0 Å². The van der Waals surface area contributed by atoms with Crippen LogP contribution in [0, 0.1) is 0 Å². The summed E-state index contributed by atoms with van der Waals surface area (Å²) in [5.41, 5.74) is 1.19. The van der Waals surface area contributed by atoms with E-state index in [4.69, 9.17) is 18.9 Å². The second-order valence-corrected chi connectivity index (χ2v) is 7.37. The van der Waals surface area contributed by atoms with Crippen LogP contribution in [-0.2, 0) is 4.74 Å². The fourth-order valence-electron chi connectivity index (χ4n) is 3.09. The molecule has 0 aliphatic carbocycles. The molecule has 1 N–H and O–H groups in total. The van der Waals surface area contributed by atoms with Crippen molar-refractivity contribution in [3.05, 3.63) is 42.0 Å². The molecule has 1 unspecified atom stereocenters. The van der Waals surface area contributed by atoms with Crippen molar-refractivity contribution in [2.45, 2.75) is 23.8 Å². The van der Waals surface area contributed by atoms with Gasteiger partial charge in [-0.15, -0.1) is 11.8 Å². The third-order valence-corrected chi connectivity index (χ3v) is 5.71. The van der Waals surface area contributed by atoms with Gasteiger partial charge in [0, 0.05) is 35.1 Å². The summed E-state index contributed by atoms with van der Waals surface area (Å²) in [6.45, 7) is 0.828. The van der Waals surface area contributed by atoms with Crippen molar-refractivity contribution in [1.29, 1.82) is 0 Å². The molecule has 0 radical (unpaired) electrons. The Kier molecular flexibility index (Phi) is 7.06. The number of thioether (sulfide) groups is 1. The highest BCUT2D eigenvalue weighted by Gasteiger charge is 2.19. The highest BCUT2D eigenvalue weighted by molar-refractivity contribution is 7.99. The lowest BCUT2D eigenvalue weighted by molar-refractivity contribution is 0.102. The van der Waals surface area contributed by atoms with Gasteiger partial charge in [-0.1, -0.05) is 12.1 Å². The van der Waals surface area contributed by atoms with Crippen molar-refractivity contribution in [3.63, 3.8) is 0 Å². The van der Waals surface area contributed by atoms with E-state index in [1.807, 2.05) is 24.3 Å². The zero-order valence-electron chi connectivity index (χ0n) is 16.3. The zero-order chi connectivity index (χ0) is 19.9. The molecule has 1 atom stereocenters. The highest BCUT2D eigenvalue weighted by atomic mass is 32.2. The van der Waals surface area contributed by atoms with E-state index in [2.05, 4.69) is 5.32 Å². The highest BCUT2D eigenvalue weighted by Crippen LogP contribution is 2.40. The van der Waals surface area contributed by atoms with Crippen molar-refractivity contribution in [2.75, 3.05) is 39.0 Å². The first-order chi connectivity index (χ1) is 13.7. The van der Waals surface area contributed by atoms with Crippen molar-refractivity contribution in [1.82, 2.24) is 0 Å². The Hall–Kier alpha value is -2.38. The van der Waals surface area contributed by atoms with Gasteiger partial charge < -0.3 is 24.3 Å². The van der Waals surface area contributed by atoms with Crippen LogP contribution in [0.3, 0.4) is 0 Å². The number of methoxy groups -OCH3 is 3. The summed E-state index contributed by atoms with van der Waals surface area (Å²) in [5, 5.41) is 2.93. The Bertz CT molecular complexity index is 795. The third-order valence-electron chi connectivity index (χ3n) is 4.50. The smallest absolute Gasteiger partial charge is 0.256 e. The van der Waals surface area contributed by atoms with Crippen LogP contribution in [-0.4, -0.2) is 45.7 Å². The number of carbonyl (C=O) groups excluding carboxylic acids is 1. The number of hydrogen-bond acceptors (Lipinski definition) is 6. The Morgan fingerprint density at radius 1 is 1.14 bits per heavy atom. The summed E-state index contributed by atoms with van der Waals surface area (Å²) in [6.07, 6.45) is 2.44. The molecule has 1 aliphatic rings. The lowest BCUT2D eigenvalue weighted by atomic mass is 10.2. The molecule has 3 rings (SSSR count). The van der Waals surface area contributed by atoms with Crippen LogP contribution in [0.1, 0.15) is 23.2 Å². The molecule has 1 aliphatic heterocycles. The van der Waals surface area contributed by atoms with Crippen LogP contribution in [0.5, 0.6) is 17.2 Å². The molecule has 0 bridgehead atoms. The maximum Gasteiger partial charge on any atom is 0.256 e. The van der Waals surface area contributed by atoms with E-state index in [0.717, 1.165) is 30.1 Å². The second-order valence-electron chi connectivity index (χ2n) is 6.31. The van der Waals surface area contributed by atoms with Gasteiger partial charge in [-0.05, 0) is 25.0 Å². The van der Waals surface area contributed by atoms with Crippen LogP contribution >= 0.6 is 11.8 Å². The molecule has 0 aromatic heterocycles. The van der Waals surface area contributed by atoms with Gasteiger partial charge in [0.15, 0.2) is 11.5 Å². The van der Waals surface area contributed by atoms with E-state index in [1.165, 1.54) is 0 Å². The lowest BCUT2D eigenvalue weighted by Crippen LogP contribution is -2.14. The fourth-order valence-corrected chi connectivity index (χ4v) is 4.21. The Labute approximate surface area is 169 Å². The topological polar surface area (TPSA) is 66.0 Å². The number of amides is 1. The second kappa shape index (κ2) is 9.71. The minimum atomic E-state index is -0.190. The van der Waals surface area contributed by atoms with Gasteiger partial charge in [0.1, 0.15) is 0 Å². The predicted octanol–water partition coefficient (Wildman–Crippen LogP) is 4.24. The molecule has 1 saturated heterocycles. The lowest BCUT2D eigenvalue weighted by Gasteiger charge is -2.15. The average Bonchev–Trinajstić information content (AvgIpc) is 3.25. The number of hydrogen-bond donors (Lipinski definition) is 1. The number of carbonyl (C=O) groups is 1. The first-order valence-electron chi connectivity index (χ1n) is 9.11. The van der Waals surface area contributed by atoms with Gasteiger partial charge in [0.25, 0.3) is 5.91 Å². The summed E-state index contributed by atoms with van der Waals surface area (Å²) in [6, 6.07) is 11.0. The quantitative estimate of drug-likeness (QED) is 0.665. The molecule has 2 aromatic carbocycles. The SMILES string of the molecule is COc1cc(NC(=O)c2ccccc2SCC2CCCO2)cc(OC)c1OC. The van der Waals surface area contributed by atoms with Crippen LogP contribution in [0.15, 0.2) is 41.3 Å². The average molecular weight is 404 g/mol. The first kappa shape index (κ1) is 20.4. The largest absolute Gasteiger partial charge is 0.493 e. The summed E-state index contributed by atoms with van der Waals surface area (Å²) in [5.74, 6) is 2.10. The molecule has 150 valence electrons. The standard InChI is InChI=1S/C21H25NO5S/c1-24-17-11-14(12-18(25-2)20(17)26-3)22-21(23)16-8-4-5-9-19(16)28-13-15-7-6-10-27-15/h4-5,8-9,11-12,15H,6-7,10,13H2,1-3H3,(H,22,23). The van der Waals surface area contributed by atoms with E-state index in [0.29, 0.717) is 28.5 Å². The van der Waals surface area contributed by atoms with Crippen LogP contribution in [0.25, 0.3) is 0 Å².